The summed E-state index contributed by atoms with van der Waals surface area (Å²) in [6, 6.07) is 7.79. The molecule has 2 heterocycles. The second-order valence-electron chi connectivity index (χ2n) is 6.91. The van der Waals surface area contributed by atoms with E-state index >= 15 is 0 Å². The van der Waals surface area contributed by atoms with Crippen molar-refractivity contribution in [3.8, 4) is 0 Å². The number of amides is 2. The number of nitrogens with zero attached hydrogens (tertiary/aromatic N) is 3. The number of nitrogens with one attached hydrogen (secondary N) is 2. The lowest BCUT2D eigenvalue weighted by Crippen LogP contribution is -2.36. The summed E-state index contributed by atoms with van der Waals surface area (Å²) >= 11 is 0. The highest BCUT2D eigenvalue weighted by atomic mass is 19.1. The van der Waals surface area contributed by atoms with E-state index in [9.17, 15) is 18.8 Å². The van der Waals surface area contributed by atoms with Crippen molar-refractivity contribution in [3.63, 3.8) is 0 Å². The summed E-state index contributed by atoms with van der Waals surface area (Å²) in [5.41, 5.74) is 1.45. The van der Waals surface area contributed by atoms with Gasteiger partial charge in [-0.15, -0.1) is 0 Å². The quantitative estimate of drug-likeness (QED) is 0.649. The number of carbonyl (C=O) groups excluding carboxylic acids is 2. The van der Waals surface area contributed by atoms with Crippen molar-refractivity contribution in [2.45, 2.75) is 26.4 Å². The molecule has 0 radical (unpaired) electrons. The fraction of sp³-hybridized carbons (Fsp3) is 0.238. The number of aromatic nitrogens is 3. The number of hydrogen-bond acceptors (Lipinski definition) is 4. The standard InChI is InChI=1S/C21H22FN5O3/c1-13(18-11-23-26(3)14(18)2)24-19(28)12-27-10-4-5-17(21(27)30)20(29)25-16-8-6-15(22)7-9-16/h4-11,13H,12H2,1-3H3,(H,24,28)(H,25,29)/t13-/m0/s1. The molecule has 0 spiro atoms. The van der Waals surface area contributed by atoms with Gasteiger partial charge in [0, 0.05) is 30.2 Å². The van der Waals surface area contributed by atoms with Crippen LogP contribution in [0.25, 0.3) is 0 Å². The van der Waals surface area contributed by atoms with Gasteiger partial charge in [0.05, 0.1) is 12.2 Å². The summed E-state index contributed by atoms with van der Waals surface area (Å²) in [6.45, 7) is 3.50. The molecule has 9 heteroatoms. The van der Waals surface area contributed by atoms with Crippen LogP contribution in [0.1, 0.15) is 34.6 Å². The Balaban J connectivity index is 1.70. The van der Waals surface area contributed by atoms with Gasteiger partial charge in [-0.2, -0.15) is 5.10 Å². The van der Waals surface area contributed by atoms with Crippen molar-refractivity contribution in [1.29, 1.82) is 0 Å². The number of hydrogen-bond donors (Lipinski definition) is 2. The monoisotopic (exact) mass is 411 g/mol. The molecule has 0 aliphatic carbocycles. The molecule has 1 aromatic carbocycles. The molecular weight excluding hydrogens is 389 g/mol. The summed E-state index contributed by atoms with van der Waals surface area (Å²) in [4.78, 5) is 37.5. The highest BCUT2D eigenvalue weighted by Gasteiger charge is 2.17. The second-order valence-corrected chi connectivity index (χ2v) is 6.91. The van der Waals surface area contributed by atoms with E-state index in [1.165, 1.54) is 42.6 Å². The van der Waals surface area contributed by atoms with Crippen LogP contribution >= 0.6 is 0 Å². The summed E-state index contributed by atoms with van der Waals surface area (Å²) in [6.07, 6.45) is 3.13. The highest BCUT2D eigenvalue weighted by molar-refractivity contribution is 6.04. The van der Waals surface area contributed by atoms with Gasteiger partial charge in [-0.3, -0.25) is 19.1 Å². The van der Waals surface area contributed by atoms with Crippen molar-refractivity contribution >= 4 is 17.5 Å². The summed E-state index contributed by atoms with van der Waals surface area (Å²) in [7, 11) is 1.81. The maximum absolute atomic E-state index is 13.0. The Morgan fingerprint density at radius 1 is 1.20 bits per heavy atom. The zero-order chi connectivity index (χ0) is 21.8. The minimum atomic E-state index is -0.638. The molecule has 2 N–H and O–H groups in total. The lowest BCUT2D eigenvalue weighted by Gasteiger charge is -2.15. The van der Waals surface area contributed by atoms with Crippen molar-refractivity contribution < 1.29 is 14.0 Å². The van der Waals surface area contributed by atoms with E-state index in [0.717, 1.165) is 15.8 Å². The molecule has 0 saturated carbocycles. The molecule has 0 fully saturated rings. The maximum atomic E-state index is 13.0. The van der Waals surface area contributed by atoms with E-state index < -0.39 is 17.3 Å². The minimum absolute atomic E-state index is 0.120. The molecule has 2 aromatic heterocycles. The van der Waals surface area contributed by atoms with Gasteiger partial charge in [0.1, 0.15) is 17.9 Å². The molecule has 3 rings (SSSR count). The number of pyridine rings is 1. The molecule has 0 bridgehead atoms. The largest absolute Gasteiger partial charge is 0.348 e. The van der Waals surface area contributed by atoms with E-state index in [-0.39, 0.29) is 24.1 Å². The van der Waals surface area contributed by atoms with Crippen LogP contribution in [0.2, 0.25) is 0 Å². The van der Waals surface area contributed by atoms with Crippen LogP contribution in [-0.2, 0) is 18.4 Å². The number of rotatable bonds is 6. The molecule has 8 nitrogen and oxygen atoms in total. The predicted octanol–water partition coefficient (Wildman–Crippen LogP) is 2.16. The van der Waals surface area contributed by atoms with E-state index in [2.05, 4.69) is 15.7 Å². The van der Waals surface area contributed by atoms with E-state index in [0.29, 0.717) is 5.69 Å². The fourth-order valence-corrected chi connectivity index (χ4v) is 3.03. The van der Waals surface area contributed by atoms with Crippen LogP contribution < -0.4 is 16.2 Å². The Morgan fingerprint density at radius 2 is 1.90 bits per heavy atom. The number of benzene rings is 1. The summed E-state index contributed by atoms with van der Waals surface area (Å²) in [5, 5.41) is 9.53. The molecule has 1 atom stereocenters. The van der Waals surface area contributed by atoms with E-state index in [1.807, 2.05) is 20.9 Å². The molecule has 156 valence electrons. The smallest absolute Gasteiger partial charge is 0.263 e. The van der Waals surface area contributed by atoms with Crippen molar-refractivity contribution in [3.05, 3.63) is 81.8 Å². The van der Waals surface area contributed by atoms with Crippen molar-refractivity contribution in [2.75, 3.05) is 5.32 Å². The van der Waals surface area contributed by atoms with Crippen LogP contribution in [0, 0.1) is 12.7 Å². The van der Waals surface area contributed by atoms with Gasteiger partial charge < -0.3 is 15.2 Å². The topological polar surface area (TPSA) is 98.0 Å². The Morgan fingerprint density at radius 3 is 2.53 bits per heavy atom. The predicted molar refractivity (Wildman–Crippen MR) is 110 cm³/mol. The van der Waals surface area contributed by atoms with Crippen molar-refractivity contribution in [1.82, 2.24) is 19.7 Å². The van der Waals surface area contributed by atoms with Gasteiger partial charge in [0.15, 0.2) is 0 Å². The Hall–Kier alpha value is -3.75. The van der Waals surface area contributed by atoms with Gasteiger partial charge in [0.25, 0.3) is 11.5 Å². The number of halogens is 1. The van der Waals surface area contributed by atoms with Crippen LogP contribution in [0.15, 0.2) is 53.6 Å². The van der Waals surface area contributed by atoms with Gasteiger partial charge in [0.2, 0.25) is 5.91 Å². The lowest BCUT2D eigenvalue weighted by atomic mass is 10.1. The van der Waals surface area contributed by atoms with Gasteiger partial charge in [-0.1, -0.05) is 0 Å². The molecule has 2 amide bonds. The molecule has 0 unspecified atom stereocenters. The van der Waals surface area contributed by atoms with E-state index in [1.54, 1.807) is 10.9 Å². The molecule has 0 aliphatic heterocycles. The SMILES string of the molecule is Cc1c([C@H](C)NC(=O)Cn2cccc(C(=O)Nc3ccc(F)cc3)c2=O)cnn1C. The third kappa shape index (κ3) is 4.62. The fourth-order valence-electron chi connectivity index (χ4n) is 3.03. The third-order valence-electron chi connectivity index (χ3n) is 4.80. The lowest BCUT2D eigenvalue weighted by molar-refractivity contribution is -0.122. The first kappa shape index (κ1) is 21.0. The average molecular weight is 411 g/mol. The first-order valence-corrected chi connectivity index (χ1v) is 9.30. The first-order valence-electron chi connectivity index (χ1n) is 9.30. The van der Waals surface area contributed by atoms with Gasteiger partial charge >= 0.3 is 0 Å². The molecule has 3 aromatic rings. The van der Waals surface area contributed by atoms with Crippen LogP contribution in [0.3, 0.4) is 0 Å². The van der Waals surface area contributed by atoms with Crippen LogP contribution in [-0.4, -0.2) is 26.2 Å². The Kier molecular flexibility index (Phi) is 6.10. The van der Waals surface area contributed by atoms with Crippen molar-refractivity contribution in [2.24, 2.45) is 7.05 Å². The van der Waals surface area contributed by atoms with E-state index in [4.69, 9.17) is 0 Å². The zero-order valence-corrected chi connectivity index (χ0v) is 16.8. The molecule has 0 saturated heterocycles. The maximum Gasteiger partial charge on any atom is 0.263 e. The Bertz CT molecular complexity index is 1130. The Labute approximate surface area is 172 Å². The number of aryl methyl sites for hydroxylation is 1. The molecule has 0 aliphatic rings. The summed E-state index contributed by atoms with van der Waals surface area (Å²) in [5.74, 6) is -1.44. The molecular formula is C21H22FN5O3. The highest BCUT2D eigenvalue weighted by Crippen LogP contribution is 2.15. The average Bonchev–Trinajstić information content (AvgIpc) is 3.04. The second kappa shape index (κ2) is 8.73. The molecule has 30 heavy (non-hydrogen) atoms. The van der Waals surface area contributed by atoms with Crippen LogP contribution in [0.5, 0.6) is 0 Å². The zero-order valence-electron chi connectivity index (χ0n) is 16.8. The van der Waals surface area contributed by atoms with Gasteiger partial charge in [-0.25, -0.2) is 4.39 Å². The van der Waals surface area contributed by atoms with Gasteiger partial charge in [-0.05, 0) is 50.2 Å². The normalized spacial score (nSPS) is 11.7. The number of carbonyl (C=O) groups is 2. The number of anilines is 1. The van der Waals surface area contributed by atoms with Crippen LogP contribution in [0.4, 0.5) is 10.1 Å². The third-order valence-corrected chi connectivity index (χ3v) is 4.80. The first-order chi connectivity index (χ1) is 14.3. The minimum Gasteiger partial charge on any atom is -0.348 e. The summed E-state index contributed by atoms with van der Waals surface area (Å²) < 4.78 is 15.9.